The van der Waals surface area contributed by atoms with E-state index in [1.807, 2.05) is 0 Å². The maximum Gasteiger partial charge on any atom is 0.296 e. The van der Waals surface area contributed by atoms with Crippen molar-refractivity contribution >= 4 is 32.7 Å². The Morgan fingerprint density at radius 2 is 1.87 bits per heavy atom. The number of rotatable bonds is 9. The van der Waals surface area contributed by atoms with Gasteiger partial charge in [0.05, 0.1) is 27.0 Å². The molecule has 0 radical (unpaired) electrons. The lowest BCUT2D eigenvalue weighted by Crippen LogP contribution is -2.20. The molecule has 0 spiro atoms. The predicted octanol–water partition coefficient (Wildman–Crippen LogP) is 3.02. The zero-order valence-electron chi connectivity index (χ0n) is 21.7. The lowest BCUT2D eigenvalue weighted by molar-refractivity contribution is -0.115. The van der Waals surface area contributed by atoms with Gasteiger partial charge < -0.3 is 19.3 Å². The van der Waals surface area contributed by atoms with Crippen LogP contribution in [0, 0.1) is 11.8 Å². The number of nitrogens with zero attached hydrogens (tertiary/aromatic N) is 3. The molecule has 2 aromatic carbocycles. The molecule has 5 rings (SSSR count). The summed E-state index contributed by atoms with van der Waals surface area (Å²) in [6.07, 6.45) is 6.17. The fraction of sp³-hybridized carbons (Fsp3) is 0.296. The molecule has 11 nitrogen and oxygen atoms in total. The van der Waals surface area contributed by atoms with E-state index in [-0.39, 0.29) is 22.4 Å². The SMILES string of the molecule is CC#CC(=O)NCc1cnn(Cc2cc(OC)c3c(NS(=O)(=O)c4cc5c(cc4OC)CCC5)noc3c2)c1. The molecule has 0 unspecified atom stereocenters. The highest BCUT2D eigenvalue weighted by Crippen LogP contribution is 2.37. The molecule has 1 amide bonds. The average Bonchev–Trinajstić information content (AvgIpc) is 3.66. The first kappa shape index (κ1) is 26.1. The van der Waals surface area contributed by atoms with Crippen LogP contribution in [-0.2, 0) is 40.7 Å². The third kappa shape index (κ3) is 5.39. The Hall–Kier alpha value is -4.50. The fourth-order valence-electron chi connectivity index (χ4n) is 4.65. The van der Waals surface area contributed by atoms with Gasteiger partial charge in [-0.2, -0.15) is 5.10 Å². The summed E-state index contributed by atoms with van der Waals surface area (Å²) in [5, 5.41) is 11.4. The summed E-state index contributed by atoms with van der Waals surface area (Å²) < 4.78 is 47.5. The molecule has 0 saturated carbocycles. The normalized spacial score (nSPS) is 12.5. The second kappa shape index (κ2) is 10.7. The average molecular weight is 550 g/mol. The molecule has 2 aromatic heterocycles. The molecule has 1 aliphatic rings. The topological polar surface area (TPSA) is 138 Å². The highest BCUT2D eigenvalue weighted by Gasteiger charge is 2.27. The number of anilines is 1. The molecule has 1 aliphatic carbocycles. The molecule has 2 N–H and O–H groups in total. The number of aryl methyl sites for hydroxylation is 2. The molecule has 4 aromatic rings. The van der Waals surface area contributed by atoms with Crippen LogP contribution < -0.4 is 19.5 Å². The monoisotopic (exact) mass is 549 g/mol. The predicted molar refractivity (Wildman–Crippen MR) is 143 cm³/mol. The number of hydrogen-bond donors (Lipinski definition) is 2. The number of carbonyl (C=O) groups is 1. The van der Waals surface area contributed by atoms with Gasteiger partial charge in [-0.1, -0.05) is 11.1 Å². The van der Waals surface area contributed by atoms with Gasteiger partial charge in [0, 0.05) is 18.3 Å². The summed E-state index contributed by atoms with van der Waals surface area (Å²) in [6, 6.07) is 6.98. The zero-order valence-corrected chi connectivity index (χ0v) is 22.5. The largest absolute Gasteiger partial charge is 0.496 e. The second-order valence-corrected chi connectivity index (χ2v) is 10.7. The van der Waals surface area contributed by atoms with Gasteiger partial charge in [-0.15, -0.1) is 0 Å². The molecule has 0 bridgehead atoms. The van der Waals surface area contributed by atoms with Crippen LogP contribution in [0.1, 0.15) is 35.6 Å². The maximum atomic E-state index is 13.4. The summed E-state index contributed by atoms with van der Waals surface area (Å²) in [5.41, 5.74) is 4.06. The van der Waals surface area contributed by atoms with E-state index in [2.05, 4.69) is 32.1 Å². The zero-order chi connectivity index (χ0) is 27.6. The standard InChI is InChI=1S/C27H27N5O6S/c1-4-6-25(33)28-13-18-14-29-32(16-18)15-17-9-22(37-3)26-23(10-17)38-30-27(26)31-39(34,35)24-12-20-8-5-7-19(20)11-21(24)36-2/h9-12,14,16H,5,7-8,13,15H2,1-3H3,(H,28,33)(H,30,31). The van der Waals surface area contributed by atoms with E-state index in [0.29, 0.717) is 29.8 Å². The summed E-state index contributed by atoms with van der Waals surface area (Å²) in [7, 11) is -1.10. The minimum Gasteiger partial charge on any atom is -0.496 e. The molecule has 0 fully saturated rings. The van der Waals surface area contributed by atoms with Crippen LogP contribution in [0.25, 0.3) is 11.0 Å². The van der Waals surface area contributed by atoms with Crippen LogP contribution in [0.15, 0.2) is 46.1 Å². The van der Waals surface area contributed by atoms with E-state index in [9.17, 15) is 13.2 Å². The van der Waals surface area contributed by atoms with Crippen molar-refractivity contribution in [2.45, 2.75) is 44.2 Å². The van der Waals surface area contributed by atoms with Crippen molar-refractivity contribution in [3.8, 4) is 23.3 Å². The Morgan fingerprint density at radius 1 is 1.10 bits per heavy atom. The summed E-state index contributed by atoms with van der Waals surface area (Å²) in [5.74, 6) is 5.31. The number of amides is 1. The number of sulfonamides is 1. The molecule has 0 saturated heterocycles. The van der Waals surface area contributed by atoms with E-state index in [1.54, 1.807) is 48.3 Å². The minimum absolute atomic E-state index is 0.0169. The third-order valence-corrected chi connectivity index (χ3v) is 7.80. The van der Waals surface area contributed by atoms with Gasteiger partial charge >= 0.3 is 0 Å². The van der Waals surface area contributed by atoms with Crippen molar-refractivity contribution in [3.05, 3.63) is 58.9 Å². The number of hydrogen-bond acceptors (Lipinski definition) is 8. The Labute approximate surface area is 225 Å². The molecule has 0 aliphatic heterocycles. The molecule has 2 heterocycles. The minimum atomic E-state index is -4.04. The van der Waals surface area contributed by atoms with Crippen LogP contribution in [0.4, 0.5) is 5.82 Å². The van der Waals surface area contributed by atoms with Crippen LogP contribution >= 0.6 is 0 Å². The van der Waals surface area contributed by atoms with Crippen LogP contribution in [0.3, 0.4) is 0 Å². The fourth-order valence-corrected chi connectivity index (χ4v) is 5.86. The molecular weight excluding hydrogens is 522 g/mol. The first-order valence-corrected chi connectivity index (χ1v) is 13.7. The lowest BCUT2D eigenvalue weighted by Gasteiger charge is -2.13. The smallest absolute Gasteiger partial charge is 0.296 e. The number of nitrogens with one attached hydrogen (secondary N) is 2. The van der Waals surface area contributed by atoms with E-state index in [0.717, 1.165) is 41.5 Å². The Bertz CT molecular complexity index is 1730. The highest BCUT2D eigenvalue weighted by atomic mass is 32.2. The van der Waals surface area contributed by atoms with Crippen LogP contribution in [-0.4, -0.2) is 43.5 Å². The molecular formula is C27H27N5O6S. The van der Waals surface area contributed by atoms with E-state index in [1.165, 1.54) is 14.2 Å². The van der Waals surface area contributed by atoms with Gasteiger partial charge in [-0.3, -0.25) is 14.2 Å². The molecule has 12 heteroatoms. The van der Waals surface area contributed by atoms with Crippen molar-refractivity contribution < 1.29 is 27.2 Å². The van der Waals surface area contributed by atoms with E-state index < -0.39 is 10.0 Å². The molecule has 202 valence electrons. The number of fused-ring (bicyclic) bond motifs is 2. The van der Waals surface area contributed by atoms with Gasteiger partial charge in [0.25, 0.3) is 15.9 Å². The number of aromatic nitrogens is 3. The second-order valence-electron chi connectivity index (χ2n) is 9.04. The molecule has 39 heavy (non-hydrogen) atoms. The number of methoxy groups -OCH3 is 2. The van der Waals surface area contributed by atoms with Crippen molar-refractivity contribution in [1.82, 2.24) is 20.3 Å². The van der Waals surface area contributed by atoms with Crippen molar-refractivity contribution in [3.63, 3.8) is 0 Å². The maximum absolute atomic E-state index is 13.4. The summed E-state index contributed by atoms with van der Waals surface area (Å²) in [4.78, 5) is 11.6. The van der Waals surface area contributed by atoms with E-state index in [4.69, 9.17) is 14.0 Å². The van der Waals surface area contributed by atoms with E-state index >= 15 is 0 Å². The van der Waals surface area contributed by atoms with Crippen molar-refractivity contribution in [2.24, 2.45) is 0 Å². The quantitative estimate of drug-likeness (QED) is 0.304. The van der Waals surface area contributed by atoms with Crippen LogP contribution in [0.2, 0.25) is 0 Å². The third-order valence-electron chi connectivity index (χ3n) is 6.44. The van der Waals surface area contributed by atoms with Gasteiger partial charge in [0.15, 0.2) is 11.4 Å². The van der Waals surface area contributed by atoms with Gasteiger partial charge in [0.1, 0.15) is 21.8 Å². The number of ether oxygens (including phenoxy) is 2. The van der Waals surface area contributed by atoms with Crippen molar-refractivity contribution in [2.75, 3.05) is 18.9 Å². The Balaban J connectivity index is 1.39. The Kier molecular flexibility index (Phi) is 7.17. The van der Waals surface area contributed by atoms with Gasteiger partial charge in [-0.05, 0) is 73.1 Å². The Morgan fingerprint density at radius 3 is 2.62 bits per heavy atom. The first-order chi connectivity index (χ1) is 18.8. The summed E-state index contributed by atoms with van der Waals surface area (Å²) >= 11 is 0. The van der Waals surface area contributed by atoms with Gasteiger partial charge in [0.2, 0.25) is 0 Å². The van der Waals surface area contributed by atoms with Crippen LogP contribution in [0.5, 0.6) is 11.5 Å². The lowest BCUT2D eigenvalue weighted by atomic mass is 10.1. The van der Waals surface area contributed by atoms with Gasteiger partial charge in [-0.25, -0.2) is 8.42 Å². The number of benzene rings is 2. The van der Waals surface area contributed by atoms with Crippen molar-refractivity contribution in [1.29, 1.82) is 0 Å². The highest BCUT2D eigenvalue weighted by molar-refractivity contribution is 7.92. The number of carbonyl (C=O) groups excluding carboxylic acids is 1. The summed E-state index contributed by atoms with van der Waals surface area (Å²) in [6.45, 7) is 2.28. The first-order valence-electron chi connectivity index (χ1n) is 12.2. The molecule has 0 atom stereocenters.